The third-order valence-corrected chi connectivity index (χ3v) is 4.71. The Labute approximate surface area is 163 Å². The Morgan fingerprint density at radius 3 is 2.75 bits per heavy atom. The van der Waals surface area contributed by atoms with Crippen molar-refractivity contribution in [2.75, 3.05) is 25.0 Å². The molecule has 0 spiro atoms. The fourth-order valence-electron chi connectivity index (χ4n) is 3.13. The van der Waals surface area contributed by atoms with Crippen molar-refractivity contribution in [3.05, 3.63) is 54.0 Å². The van der Waals surface area contributed by atoms with Crippen molar-refractivity contribution >= 4 is 17.6 Å². The van der Waals surface area contributed by atoms with Crippen LogP contribution in [-0.4, -0.2) is 41.4 Å². The molecule has 0 bridgehead atoms. The summed E-state index contributed by atoms with van der Waals surface area (Å²) in [6.45, 7) is 3.18. The minimum Gasteiger partial charge on any atom is -0.493 e. The molecule has 0 radical (unpaired) electrons. The number of nitrogens with one attached hydrogen (secondary N) is 1. The third-order valence-electron chi connectivity index (χ3n) is 4.71. The number of hydrogen-bond donors (Lipinski definition) is 1. The molecule has 3 rings (SSSR count). The lowest BCUT2D eigenvalue weighted by atomic mass is 9.97. The van der Waals surface area contributed by atoms with Gasteiger partial charge in [0.05, 0.1) is 18.9 Å². The van der Waals surface area contributed by atoms with Crippen LogP contribution in [0.5, 0.6) is 5.75 Å². The number of hydrogen-bond acceptors (Lipinski definition) is 4. The summed E-state index contributed by atoms with van der Waals surface area (Å²) in [5.41, 5.74) is 1.02. The Balaban J connectivity index is 1.46. The van der Waals surface area contributed by atoms with Gasteiger partial charge in [-0.05, 0) is 55.7 Å². The van der Waals surface area contributed by atoms with E-state index < -0.39 is 0 Å². The highest BCUT2D eigenvalue weighted by atomic mass is 19.1. The van der Waals surface area contributed by atoms with Crippen LogP contribution in [-0.2, 0) is 9.59 Å². The highest BCUT2D eigenvalue weighted by molar-refractivity contribution is 5.92. The number of halogens is 1. The zero-order chi connectivity index (χ0) is 19.9. The van der Waals surface area contributed by atoms with Crippen molar-refractivity contribution in [2.24, 2.45) is 5.92 Å². The first kappa shape index (κ1) is 19.8. The summed E-state index contributed by atoms with van der Waals surface area (Å²) < 4.78 is 18.4. The number of carbonyl (C=O) groups excluding carboxylic acids is 2. The van der Waals surface area contributed by atoms with E-state index in [1.165, 1.54) is 24.3 Å². The van der Waals surface area contributed by atoms with Gasteiger partial charge in [-0.25, -0.2) is 9.37 Å². The number of aryl methyl sites for hydroxylation is 1. The molecule has 2 amide bonds. The predicted molar refractivity (Wildman–Crippen MR) is 103 cm³/mol. The molecular formula is C21H24FN3O3. The average molecular weight is 385 g/mol. The van der Waals surface area contributed by atoms with E-state index in [4.69, 9.17) is 4.74 Å². The topological polar surface area (TPSA) is 71.5 Å². The van der Waals surface area contributed by atoms with E-state index in [1.807, 2.05) is 13.0 Å². The first-order valence-corrected chi connectivity index (χ1v) is 9.41. The van der Waals surface area contributed by atoms with Crippen LogP contribution in [0.2, 0.25) is 0 Å². The van der Waals surface area contributed by atoms with Crippen LogP contribution < -0.4 is 10.1 Å². The number of likely N-dealkylation sites (tertiary alicyclic amines) is 1. The number of nitrogens with zero attached hydrogens (tertiary/aromatic N) is 2. The van der Waals surface area contributed by atoms with Crippen LogP contribution in [0.15, 0.2) is 42.6 Å². The van der Waals surface area contributed by atoms with Gasteiger partial charge in [0.25, 0.3) is 0 Å². The van der Waals surface area contributed by atoms with Crippen LogP contribution in [0.3, 0.4) is 0 Å². The van der Waals surface area contributed by atoms with Crippen molar-refractivity contribution in [1.82, 2.24) is 9.88 Å². The molecule has 1 aliphatic heterocycles. The maximum absolute atomic E-state index is 12.9. The second-order valence-electron chi connectivity index (χ2n) is 6.94. The van der Waals surface area contributed by atoms with Crippen LogP contribution in [0.1, 0.15) is 24.8 Å². The largest absolute Gasteiger partial charge is 0.493 e. The monoisotopic (exact) mass is 385 g/mol. The summed E-state index contributed by atoms with van der Waals surface area (Å²) in [5, 5.41) is 2.82. The molecule has 0 saturated carbocycles. The molecule has 1 N–H and O–H groups in total. The number of benzene rings is 1. The van der Waals surface area contributed by atoms with E-state index in [0.29, 0.717) is 24.7 Å². The minimum absolute atomic E-state index is 0.0481. The summed E-state index contributed by atoms with van der Waals surface area (Å²) in [5.74, 6) is 0.299. The number of aromatic nitrogens is 1. The van der Waals surface area contributed by atoms with Gasteiger partial charge in [0, 0.05) is 19.3 Å². The second kappa shape index (κ2) is 9.30. The Morgan fingerprint density at radius 2 is 2.04 bits per heavy atom. The first-order chi connectivity index (χ1) is 13.5. The Kier molecular flexibility index (Phi) is 6.57. The number of piperidine rings is 1. The van der Waals surface area contributed by atoms with Gasteiger partial charge in [0.15, 0.2) is 0 Å². The number of rotatable bonds is 6. The van der Waals surface area contributed by atoms with Gasteiger partial charge in [0.2, 0.25) is 11.8 Å². The summed E-state index contributed by atoms with van der Waals surface area (Å²) in [7, 11) is 0. The van der Waals surface area contributed by atoms with E-state index in [0.717, 1.165) is 18.4 Å². The van der Waals surface area contributed by atoms with Crippen molar-refractivity contribution in [3.8, 4) is 5.75 Å². The van der Waals surface area contributed by atoms with E-state index in [1.54, 1.807) is 17.2 Å². The Morgan fingerprint density at radius 1 is 1.25 bits per heavy atom. The molecule has 1 atom stereocenters. The SMILES string of the molecule is Cc1ccc(NC(=O)C2CCCN(C(=O)CCOc3ccc(F)cc3)C2)nc1. The molecule has 1 aromatic heterocycles. The first-order valence-electron chi connectivity index (χ1n) is 9.41. The van der Waals surface area contributed by atoms with Crippen LogP contribution in [0, 0.1) is 18.7 Å². The Bertz CT molecular complexity index is 809. The molecule has 1 aliphatic rings. The van der Waals surface area contributed by atoms with Crippen LogP contribution in [0.4, 0.5) is 10.2 Å². The lowest BCUT2D eigenvalue weighted by Gasteiger charge is -2.32. The lowest BCUT2D eigenvalue weighted by Crippen LogP contribution is -2.44. The zero-order valence-corrected chi connectivity index (χ0v) is 15.9. The minimum atomic E-state index is -0.332. The van der Waals surface area contributed by atoms with E-state index in [-0.39, 0.29) is 36.6 Å². The van der Waals surface area contributed by atoms with Crippen molar-refractivity contribution < 1.29 is 18.7 Å². The molecule has 7 heteroatoms. The number of pyridine rings is 1. The van der Waals surface area contributed by atoms with E-state index in [2.05, 4.69) is 10.3 Å². The average Bonchev–Trinajstić information content (AvgIpc) is 2.71. The molecule has 1 aromatic carbocycles. The quantitative estimate of drug-likeness (QED) is 0.829. The number of amides is 2. The molecule has 2 heterocycles. The third kappa shape index (κ3) is 5.52. The summed E-state index contributed by atoms with van der Waals surface area (Å²) in [6.07, 6.45) is 3.44. The van der Waals surface area contributed by atoms with Gasteiger partial charge >= 0.3 is 0 Å². The highest BCUT2D eigenvalue weighted by Gasteiger charge is 2.28. The van der Waals surface area contributed by atoms with Crippen molar-refractivity contribution in [3.63, 3.8) is 0 Å². The van der Waals surface area contributed by atoms with Crippen molar-refractivity contribution in [2.45, 2.75) is 26.2 Å². The van der Waals surface area contributed by atoms with Gasteiger partial charge in [-0.2, -0.15) is 0 Å². The molecule has 1 unspecified atom stereocenters. The highest BCUT2D eigenvalue weighted by Crippen LogP contribution is 2.19. The number of anilines is 1. The zero-order valence-electron chi connectivity index (χ0n) is 15.9. The van der Waals surface area contributed by atoms with Crippen LogP contribution >= 0.6 is 0 Å². The van der Waals surface area contributed by atoms with Gasteiger partial charge < -0.3 is 15.0 Å². The molecule has 1 saturated heterocycles. The maximum atomic E-state index is 12.9. The number of ether oxygens (including phenoxy) is 1. The molecule has 6 nitrogen and oxygen atoms in total. The van der Waals surface area contributed by atoms with Gasteiger partial charge in [-0.3, -0.25) is 9.59 Å². The lowest BCUT2D eigenvalue weighted by molar-refractivity contribution is -0.135. The molecule has 2 aromatic rings. The fraction of sp³-hybridized carbons (Fsp3) is 0.381. The van der Waals surface area contributed by atoms with Gasteiger partial charge in [-0.1, -0.05) is 6.07 Å². The van der Waals surface area contributed by atoms with Crippen LogP contribution in [0.25, 0.3) is 0 Å². The maximum Gasteiger partial charge on any atom is 0.230 e. The Hall–Kier alpha value is -2.96. The molecule has 1 fully saturated rings. The number of carbonyl (C=O) groups is 2. The molecule has 0 aliphatic carbocycles. The molecular weight excluding hydrogens is 361 g/mol. The summed E-state index contributed by atoms with van der Waals surface area (Å²) >= 11 is 0. The van der Waals surface area contributed by atoms with E-state index in [9.17, 15) is 14.0 Å². The second-order valence-corrected chi connectivity index (χ2v) is 6.94. The van der Waals surface area contributed by atoms with Crippen molar-refractivity contribution in [1.29, 1.82) is 0 Å². The van der Waals surface area contributed by atoms with Gasteiger partial charge in [-0.15, -0.1) is 0 Å². The molecule has 28 heavy (non-hydrogen) atoms. The fourth-order valence-corrected chi connectivity index (χ4v) is 3.13. The predicted octanol–water partition coefficient (Wildman–Crippen LogP) is 3.18. The summed E-state index contributed by atoms with van der Waals surface area (Å²) in [6, 6.07) is 9.34. The van der Waals surface area contributed by atoms with E-state index >= 15 is 0 Å². The van der Waals surface area contributed by atoms with Gasteiger partial charge in [0.1, 0.15) is 17.4 Å². The molecule has 148 valence electrons. The summed E-state index contributed by atoms with van der Waals surface area (Å²) in [4.78, 5) is 30.9. The standard InChI is InChI=1S/C21H24FN3O3/c1-15-4-9-19(23-13-15)24-21(27)16-3-2-11-25(14-16)20(26)10-12-28-18-7-5-17(22)6-8-18/h4-9,13,16H,2-3,10-12,14H2,1H3,(H,23,24,27). The normalized spacial score (nSPS) is 16.5. The smallest absolute Gasteiger partial charge is 0.230 e.